The molecule has 50 heavy (non-hydrogen) atoms. The summed E-state index contributed by atoms with van der Waals surface area (Å²) in [4.78, 5) is 15.3. The van der Waals surface area contributed by atoms with Crippen LogP contribution in [0.4, 0.5) is 13.2 Å². The minimum atomic E-state index is -4.76. The third-order valence-electron chi connectivity index (χ3n) is 7.62. The van der Waals surface area contributed by atoms with Crippen LogP contribution in [0.1, 0.15) is 31.2 Å². The van der Waals surface area contributed by atoms with Crippen LogP contribution in [-0.4, -0.2) is 46.6 Å². The molecule has 13 heteroatoms. The van der Waals surface area contributed by atoms with Crippen molar-refractivity contribution in [1.29, 1.82) is 0 Å². The maximum Gasteiger partial charge on any atom is 0.573 e. The minimum Gasteiger partial charge on any atom is -0.493 e. The zero-order valence-electron chi connectivity index (χ0n) is 26.6. The van der Waals surface area contributed by atoms with Crippen LogP contribution < -0.4 is 9.47 Å². The summed E-state index contributed by atoms with van der Waals surface area (Å²) >= 11 is 0. The Morgan fingerprint density at radius 3 is 2.22 bits per heavy atom. The molecule has 0 aliphatic heterocycles. The lowest BCUT2D eigenvalue weighted by molar-refractivity contribution is -0.274. The van der Waals surface area contributed by atoms with Gasteiger partial charge in [-0.25, -0.2) is 4.98 Å². The van der Waals surface area contributed by atoms with E-state index in [4.69, 9.17) is 19.4 Å². The van der Waals surface area contributed by atoms with Gasteiger partial charge in [-0.3, -0.25) is 9.35 Å². The van der Waals surface area contributed by atoms with Crippen LogP contribution in [0.15, 0.2) is 120 Å². The smallest absolute Gasteiger partial charge is 0.493 e. The molecule has 6 rings (SSSR count). The van der Waals surface area contributed by atoms with Crippen LogP contribution in [0.25, 0.3) is 33.2 Å². The van der Waals surface area contributed by atoms with Gasteiger partial charge in [-0.15, -0.1) is 13.2 Å². The summed E-state index contributed by atoms with van der Waals surface area (Å²) in [5.41, 5.74) is 3.22. The molecule has 2 N–H and O–H groups in total. The van der Waals surface area contributed by atoms with Crippen molar-refractivity contribution >= 4 is 37.9 Å². The summed E-state index contributed by atoms with van der Waals surface area (Å²) in [6, 6.07) is 32.7. The highest BCUT2D eigenvalue weighted by Gasteiger charge is 2.31. The maximum absolute atomic E-state index is 12.6. The van der Waals surface area contributed by atoms with Crippen molar-refractivity contribution in [2.75, 3.05) is 6.61 Å². The van der Waals surface area contributed by atoms with E-state index < -0.39 is 22.4 Å². The summed E-state index contributed by atoms with van der Waals surface area (Å²) in [5.74, 6) is 0.231. The number of aliphatic carboxylic acids is 1. The van der Waals surface area contributed by atoms with Crippen molar-refractivity contribution in [2.45, 2.75) is 43.5 Å². The predicted octanol–water partition coefficient (Wildman–Crippen LogP) is 8.76. The molecule has 5 aromatic carbocycles. The number of aromatic nitrogens is 2. The maximum atomic E-state index is 12.6. The minimum absolute atomic E-state index is 0.0457. The number of carboxylic acids is 1. The molecule has 1 heterocycles. The Hall–Kier alpha value is -5.40. The molecule has 0 radical (unpaired) electrons. The van der Waals surface area contributed by atoms with Crippen LogP contribution in [-0.2, 0) is 21.5 Å². The fourth-order valence-corrected chi connectivity index (χ4v) is 6.08. The zero-order valence-corrected chi connectivity index (χ0v) is 27.4. The molecule has 0 atom stereocenters. The monoisotopic (exact) mass is 706 g/mol. The lowest BCUT2D eigenvalue weighted by atomic mass is 10.1. The number of unbranched alkanes of at least 4 members (excludes halogenated alkanes) is 2. The second-order valence-corrected chi connectivity index (χ2v) is 12.6. The second kappa shape index (κ2) is 15.9. The number of alkyl halides is 3. The van der Waals surface area contributed by atoms with Gasteiger partial charge in [0.15, 0.2) is 0 Å². The first-order chi connectivity index (χ1) is 23.9. The van der Waals surface area contributed by atoms with Gasteiger partial charge in [0.1, 0.15) is 22.2 Å². The number of hydrogen-bond acceptors (Lipinski definition) is 6. The number of nitrogens with zero attached hydrogens (tertiary/aromatic N) is 2. The molecule has 0 amide bonds. The van der Waals surface area contributed by atoms with Crippen LogP contribution in [0.3, 0.4) is 0 Å². The van der Waals surface area contributed by atoms with E-state index in [0.717, 1.165) is 34.8 Å². The van der Waals surface area contributed by atoms with Crippen LogP contribution in [0, 0.1) is 0 Å². The van der Waals surface area contributed by atoms with E-state index >= 15 is 0 Å². The van der Waals surface area contributed by atoms with Gasteiger partial charge in [-0.05, 0) is 73.2 Å². The number of halogens is 3. The fourth-order valence-electron chi connectivity index (χ4n) is 5.37. The van der Waals surface area contributed by atoms with E-state index in [2.05, 4.69) is 4.74 Å². The van der Waals surface area contributed by atoms with Gasteiger partial charge in [-0.2, -0.15) is 8.42 Å². The van der Waals surface area contributed by atoms with Gasteiger partial charge >= 0.3 is 12.3 Å². The molecule has 0 unspecified atom stereocenters. The van der Waals surface area contributed by atoms with Gasteiger partial charge < -0.3 is 19.1 Å². The van der Waals surface area contributed by atoms with Gasteiger partial charge in [0, 0.05) is 22.9 Å². The number of ether oxygens (including phenoxy) is 2. The van der Waals surface area contributed by atoms with E-state index in [9.17, 15) is 26.4 Å². The summed E-state index contributed by atoms with van der Waals surface area (Å²) in [6.45, 7) is 0.903. The quantitative estimate of drug-likeness (QED) is 0.0955. The van der Waals surface area contributed by atoms with Crippen LogP contribution in [0.5, 0.6) is 11.5 Å². The van der Waals surface area contributed by atoms with Gasteiger partial charge in [0.2, 0.25) is 0 Å². The van der Waals surface area contributed by atoms with E-state index in [1.54, 1.807) is 42.5 Å². The van der Waals surface area contributed by atoms with Crippen LogP contribution >= 0.6 is 0 Å². The number of rotatable bonds is 12. The molecule has 9 nitrogen and oxygen atoms in total. The number of para-hydroxylation sites is 3. The molecule has 0 aliphatic carbocycles. The average molecular weight is 707 g/mol. The van der Waals surface area contributed by atoms with Crippen molar-refractivity contribution in [3.05, 3.63) is 121 Å². The summed E-state index contributed by atoms with van der Waals surface area (Å²) in [7, 11) is -4.13. The second-order valence-electron chi connectivity index (χ2n) is 11.2. The van der Waals surface area contributed by atoms with E-state index in [1.165, 1.54) is 18.2 Å². The molecular weight excluding hydrogens is 673 g/mol. The number of benzene rings is 5. The van der Waals surface area contributed by atoms with Crippen molar-refractivity contribution in [3.63, 3.8) is 0 Å². The molecular formula is C37H33F3N2O7S. The largest absolute Gasteiger partial charge is 0.573 e. The Morgan fingerprint density at radius 1 is 0.800 bits per heavy atom. The highest BCUT2D eigenvalue weighted by molar-refractivity contribution is 7.86. The van der Waals surface area contributed by atoms with Crippen molar-refractivity contribution in [3.8, 4) is 22.9 Å². The SMILES string of the molecule is O=C(O)CCCCCOc1ccccc1Cn1c(-c2ccc(OC(F)(F)F)cc2)nc2ccccc21.O=S(=O)(O)c1cccc2ccccc12. The Bertz CT molecular complexity index is 2180. The molecule has 1 aromatic heterocycles. The predicted molar refractivity (Wildman–Crippen MR) is 183 cm³/mol. The molecule has 6 aromatic rings. The van der Waals surface area contributed by atoms with E-state index in [1.807, 2.05) is 59.2 Å². The first-order valence-corrected chi connectivity index (χ1v) is 17.0. The molecule has 0 fully saturated rings. The molecule has 0 aliphatic rings. The molecule has 0 spiro atoms. The zero-order chi connectivity index (χ0) is 35.7. The number of carbonyl (C=O) groups is 1. The lowest BCUT2D eigenvalue weighted by Crippen LogP contribution is -2.17. The summed E-state index contributed by atoms with van der Waals surface area (Å²) in [6.07, 6.45) is -2.49. The van der Waals surface area contributed by atoms with Crippen molar-refractivity contribution in [1.82, 2.24) is 9.55 Å². The topological polar surface area (TPSA) is 128 Å². The first kappa shape index (κ1) is 35.9. The molecule has 0 saturated carbocycles. The first-order valence-electron chi connectivity index (χ1n) is 15.6. The van der Waals surface area contributed by atoms with E-state index in [-0.39, 0.29) is 17.1 Å². The normalized spacial score (nSPS) is 11.6. The summed E-state index contributed by atoms with van der Waals surface area (Å²) < 4.78 is 80.6. The highest BCUT2D eigenvalue weighted by Crippen LogP contribution is 2.31. The fraction of sp³-hybridized carbons (Fsp3) is 0.189. The standard InChI is InChI=1S/C27H25F3N2O4.C10H8O3S/c28-27(29,30)36-21-15-13-19(14-16-21)26-31-22-9-4-5-10-23(22)32(26)18-20-8-3-6-11-24(20)35-17-7-1-2-12-25(33)34;11-14(12,13)10-7-3-5-8-4-1-2-6-9(8)10/h3-6,8-11,13-16H,1-2,7,12,17-18H2,(H,33,34);1-7H,(H,11,12,13). The van der Waals surface area contributed by atoms with Crippen LogP contribution in [0.2, 0.25) is 0 Å². The number of carboxylic acid groups (broad SMARTS) is 1. The van der Waals surface area contributed by atoms with E-state index in [0.29, 0.717) is 42.1 Å². The summed E-state index contributed by atoms with van der Waals surface area (Å²) in [5, 5.41) is 10.1. The lowest BCUT2D eigenvalue weighted by Gasteiger charge is -2.15. The number of fused-ring (bicyclic) bond motifs is 2. The van der Waals surface area contributed by atoms with Gasteiger partial charge in [0.05, 0.1) is 24.2 Å². The molecule has 0 bridgehead atoms. The highest BCUT2D eigenvalue weighted by atomic mass is 32.2. The number of hydrogen-bond donors (Lipinski definition) is 2. The van der Waals surface area contributed by atoms with Gasteiger partial charge in [0.25, 0.3) is 10.1 Å². The third kappa shape index (κ3) is 9.61. The molecule has 0 saturated heterocycles. The third-order valence-corrected chi connectivity index (χ3v) is 8.53. The van der Waals surface area contributed by atoms with Gasteiger partial charge in [-0.1, -0.05) is 66.7 Å². The average Bonchev–Trinajstić information content (AvgIpc) is 3.44. The Labute approximate surface area is 286 Å². The Morgan fingerprint density at radius 2 is 1.48 bits per heavy atom. The number of imidazole rings is 1. The Kier molecular flexibility index (Phi) is 11.4. The van der Waals surface area contributed by atoms with Crippen molar-refractivity contribution < 1.29 is 45.5 Å². The molecule has 260 valence electrons. The Balaban J connectivity index is 0.000000288. The van der Waals surface area contributed by atoms with Crippen molar-refractivity contribution in [2.24, 2.45) is 0 Å².